The summed E-state index contributed by atoms with van der Waals surface area (Å²) in [6.07, 6.45) is 0.351. The van der Waals surface area contributed by atoms with Gasteiger partial charge in [0, 0.05) is 25.5 Å². The first-order chi connectivity index (χ1) is 7.61. The second-order valence-electron chi connectivity index (χ2n) is 4.25. The number of hydrogen-bond donors (Lipinski definition) is 2. The Kier molecular flexibility index (Phi) is 2.83. The number of rotatable bonds is 2. The SMILES string of the molecule is Cc1ccc(O)c(N2CC(CO)CC2=O)c1. The van der Waals surface area contributed by atoms with Gasteiger partial charge in [0.05, 0.1) is 5.69 Å². The largest absolute Gasteiger partial charge is 0.506 e. The third-order valence-electron chi connectivity index (χ3n) is 2.89. The van der Waals surface area contributed by atoms with Gasteiger partial charge in [0.15, 0.2) is 0 Å². The van der Waals surface area contributed by atoms with Crippen molar-refractivity contribution in [2.75, 3.05) is 18.1 Å². The van der Waals surface area contributed by atoms with E-state index in [-0.39, 0.29) is 24.2 Å². The summed E-state index contributed by atoms with van der Waals surface area (Å²) in [5.41, 5.74) is 1.54. The zero-order valence-corrected chi connectivity index (χ0v) is 9.18. The molecule has 2 N–H and O–H groups in total. The summed E-state index contributed by atoms with van der Waals surface area (Å²) in [4.78, 5) is 13.3. The fourth-order valence-corrected chi connectivity index (χ4v) is 1.99. The molecule has 1 aliphatic rings. The van der Waals surface area contributed by atoms with Crippen molar-refractivity contribution in [2.45, 2.75) is 13.3 Å². The summed E-state index contributed by atoms with van der Waals surface area (Å²) < 4.78 is 0. The van der Waals surface area contributed by atoms with Crippen LogP contribution >= 0.6 is 0 Å². The second-order valence-corrected chi connectivity index (χ2v) is 4.25. The molecule has 0 aliphatic carbocycles. The number of benzene rings is 1. The van der Waals surface area contributed by atoms with Crippen LogP contribution in [0.4, 0.5) is 5.69 Å². The summed E-state index contributed by atoms with van der Waals surface area (Å²) in [6, 6.07) is 5.17. The minimum Gasteiger partial charge on any atom is -0.506 e. The van der Waals surface area contributed by atoms with Gasteiger partial charge in [-0.05, 0) is 24.6 Å². The predicted octanol–water partition coefficient (Wildman–Crippen LogP) is 1.05. The lowest BCUT2D eigenvalue weighted by atomic mass is 10.1. The van der Waals surface area contributed by atoms with E-state index in [0.717, 1.165) is 5.56 Å². The summed E-state index contributed by atoms with van der Waals surface area (Å²) in [6.45, 7) is 2.40. The lowest BCUT2D eigenvalue weighted by Crippen LogP contribution is -2.25. The minimum atomic E-state index is -0.0417. The lowest BCUT2D eigenvalue weighted by molar-refractivity contribution is -0.117. The van der Waals surface area contributed by atoms with Gasteiger partial charge in [0.1, 0.15) is 5.75 Å². The van der Waals surface area contributed by atoms with E-state index in [4.69, 9.17) is 5.11 Å². The predicted molar refractivity (Wildman–Crippen MR) is 60.4 cm³/mol. The van der Waals surface area contributed by atoms with Crippen molar-refractivity contribution >= 4 is 11.6 Å². The van der Waals surface area contributed by atoms with E-state index in [1.54, 1.807) is 23.1 Å². The molecular formula is C12H15NO3. The van der Waals surface area contributed by atoms with E-state index in [9.17, 15) is 9.90 Å². The number of aliphatic hydroxyl groups excluding tert-OH is 1. The van der Waals surface area contributed by atoms with Crippen LogP contribution in [-0.4, -0.2) is 29.3 Å². The van der Waals surface area contributed by atoms with E-state index < -0.39 is 0 Å². The molecule has 0 bridgehead atoms. The number of aromatic hydroxyl groups is 1. The number of aliphatic hydroxyl groups is 1. The Hall–Kier alpha value is -1.55. The Morgan fingerprint density at radius 2 is 2.25 bits per heavy atom. The first-order valence-corrected chi connectivity index (χ1v) is 5.32. The van der Waals surface area contributed by atoms with Gasteiger partial charge in [-0.1, -0.05) is 6.07 Å². The molecule has 1 aromatic carbocycles. The fourth-order valence-electron chi connectivity index (χ4n) is 1.99. The topological polar surface area (TPSA) is 60.8 Å². The highest BCUT2D eigenvalue weighted by molar-refractivity contribution is 5.97. The van der Waals surface area contributed by atoms with Crippen molar-refractivity contribution < 1.29 is 15.0 Å². The summed E-state index contributed by atoms with van der Waals surface area (Å²) >= 11 is 0. The molecule has 1 heterocycles. The van der Waals surface area contributed by atoms with Crippen LogP contribution in [0.15, 0.2) is 18.2 Å². The maximum absolute atomic E-state index is 11.7. The van der Waals surface area contributed by atoms with Crippen molar-refractivity contribution in [3.05, 3.63) is 23.8 Å². The molecule has 16 heavy (non-hydrogen) atoms. The van der Waals surface area contributed by atoms with Crippen molar-refractivity contribution in [1.29, 1.82) is 0 Å². The molecule has 0 spiro atoms. The van der Waals surface area contributed by atoms with Crippen LogP contribution in [0.25, 0.3) is 0 Å². The van der Waals surface area contributed by atoms with Crippen LogP contribution in [0.1, 0.15) is 12.0 Å². The molecule has 1 atom stereocenters. The molecule has 2 rings (SSSR count). The van der Waals surface area contributed by atoms with Gasteiger partial charge >= 0.3 is 0 Å². The number of anilines is 1. The Labute approximate surface area is 94.1 Å². The molecule has 1 aliphatic heterocycles. The van der Waals surface area contributed by atoms with E-state index in [1.165, 1.54) is 0 Å². The van der Waals surface area contributed by atoms with Crippen LogP contribution in [0.2, 0.25) is 0 Å². The van der Waals surface area contributed by atoms with Gasteiger partial charge in [-0.3, -0.25) is 4.79 Å². The van der Waals surface area contributed by atoms with E-state index in [0.29, 0.717) is 18.7 Å². The van der Waals surface area contributed by atoms with Gasteiger partial charge in [-0.25, -0.2) is 0 Å². The highest BCUT2D eigenvalue weighted by Gasteiger charge is 2.31. The van der Waals surface area contributed by atoms with Crippen LogP contribution < -0.4 is 4.90 Å². The van der Waals surface area contributed by atoms with Gasteiger partial charge in [-0.2, -0.15) is 0 Å². The van der Waals surface area contributed by atoms with Crippen molar-refractivity contribution in [2.24, 2.45) is 5.92 Å². The number of carbonyl (C=O) groups is 1. The van der Waals surface area contributed by atoms with Crippen LogP contribution in [0, 0.1) is 12.8 Å². The summed E-state index contributed by atoms with van der Waals surface area (Å²) in [5, 5.41) is 18.7. The molecule has 0 saturated carbocycles. The monoisotopic (exact) mass is 221 g/mol. The molecule has 1 amide bonds. The number of aryl methyl sites for hydroxylation is 1. The normalized spacial score (nSPS) is 20.5. The van der Waals surface area contributed by atoms with Gasteiger partial charge < -0.3 is 15.1 Å². The average Bonchev–Trinajstić information content (AvgIpc) is 2.63. The third-order valence-corrected chi connectivity index (χ3v) is 2.89. The first-order valence-electron chi connectivity index (χ1n) is 5.32. The van der Waals surface area contributed by atoms with Crippen molar-refractivity contribution in [3.63, 3.8) is 0 Å². The number of amides is 1. The van der Waals surface area contributed by atoms with E-state index in [1.807, 2.05) is 6.92 Å². The smallest absolute Gasteiger partial charge is 0.227 e. The standard InChI is InChI=1S/C12H15NO3/c1-8-2-3-11(15)10(4-8)13-6-9(7-14)5-12(13)16/h2-4,9,14-15H,5-7H2,1H3. The molecule has 1 unspecified atom stereocenters. The number of carbonyl (C=O) groups excluding carboxylic acids is 1. The Morgan fingerprint density at radius 3 is 2.88 bits per heavy atom. The summed E-state index contributed by atoms with van der Waals surface area (Å²) in [5.74, 6) is 0.0462. The molecule has 4 heteroatoms. The maximum Gasteiger partial charge on any atom is 0.227 e. The zero-order valence-electron chi connectivity index (χ0n) is 9.18. The van der Waals surface area contributed by atoms with Crippen LogP contribution in [0.3, 0.4) is 0 Å². The van der Waals surface area contributed by atoms with Gasteiger partial charge in [0.25, 0.3) is 0 Å². The maximum atomic E-state index is 11.7. The second kappa shape index (κ2) is 4.14. The van der Waals surface area contributed by atoms with Gasteiger partial charge in [0.2, 0.25) is 5.91 Å². The number of phenols is 1. The fraction of sp³-hybridized carbons (Fsp3) is 0.417. The Bertz CT molecular complexity index is 417. The number of hydrogen-bond acceptors (Lipinski definition) is 3. The van der Waals surface area contributed by atoms with E-state index in [2.05, 4.69) is 0 Å². The lowest BCUT2D eigenvalue weighted by Gasteiger charge is -2.18. The molecular weight excluding hydrogens is 206 g/mol. The van der Waals surface area contributed by atoms with Crippen molar-refractivity contribution in [3.8, 4) is 5.75 Å². The molecule has 0 aromatic heterocycles. The molecule has 1 aromatic rings. The number of nitrogens with zero attached hydrogens (tertiary/aromatic N) is 1. The first kappa shape index (κ1) is 11.0. The van der Waals surface area contributed by atoms with E-state index >= 15 is 0 Å². The molecule has 1 saturated heterocycles. The quantitative estimate of drug-likeness (QED) is 0.784. The molecule has 1 fully saturated rings. The number of phenolic OH excluding ortho intramolecular Hbond substituents is 1. The highest BCUT2D eigenvalue weighted by Crippen LogP contribution is 2.32. The third kappa shape index (κ3) is 1.88. The average molecular weight is 221 g/mol. The minimum absolute atomic E-state index is 0.00875. The molecule has 0 radical (unpaired) electrons. The highest BCUT2D eigenvalue weighted by atomic mass is 16.3. The van der Waals surface area contributed by atoms with Crippen LogP contribution in [-0.2, 0) is 4.79 Å². The van der Waals surface area contributed by atoms with Crippen molar-refractivity contribution in [1.82, 2.24) is 0 Å². The summed E-state index contributed by atoms with van der Waals surface area (Å²) in [7, 11) is 0. The molecule has 4 nitrogen and oxygen atoms in total. The van der Waals surface area contributed by atoms with Crippen LogP contribution in [0.5, 0.6) is 5.75 Å². The van der Waals surface area contributed by atoms with Gasteiger partial charge in [-0.15, -0.1) is 0 Å². The Morgan fingerprint density at radius 1 is 1.50 bits per heavy atom. The molecule has 86 valence electrons. The Balaban J connectivity index is 2.30. The zero-order chi connectivity index (χ0) is 11.7.